The minimum atomic E-state index is -0.158. The van der Waals surface area contributed by atoms with Crippen molar-refractivity contribution < 1.29 is 9.21 Å². The number of para-hydroxylation sites is 1. The summed E-state index contributed by atoms with van der Waals surface area (Å²) in [7, 11) is 0. The smallest absolute Gasteiger partial charge is 0.277 e. The van der Waals surface area contributed by atoms with Gasteiger partial charge in [-0.3, -0.25) is 4.79 Å². The fraction of sp³-hybridized carbons (Fsp3) is 0.0870. The van der Waals surface area contributed by atoms with Crippen molar-refractivity contribution in [2.24, 2.45) is 0 Å². The van der Waals surface area contributed by atoms with Crippen LogP contribution in [0.3, 0.4) is 0 Å². The molecule has 3 aromatic carbocycles. The number of aromatic nitrogens is 2. The van der Waals surface area contributed by atoms with Crippen LogP contribution in [0, 0.1) is 3.57 Å². The minimum absolute atomic E-state index is 0.119. The van der Waals surface area contributed by atoms with Gasteiger partial charge in [0.15, 0.2) is 0 Å². The van der Waals surface area contributed by atoms with Gasteiger partial charge in [0.05, 0.1) is 17.4 Å². The molecule has 0 bridgehead atoms. The molecule has 0 aliphatic carbocycles. The zero-order valence-corrected chi connectivity index (χ0v) is 18.8. The first kappa shape index (κ1) is 20.6. The number of carbonyl (C=O) groups excluding carboxylic acids is 1. The standard InChI is InChI=1S/C23H18IN3O2S/c24-18-13-7-8-14-19(18)25-20(28)15-30-23-27-26-22(29-23)21(16-9-3-1-4-10-16)17-11-5-2-6-12-17/h1-14,21H,15H2,(H,25,28). The SMILES string of the molecule is O=C(CSc1nnc(C(c2ccccc2)c2ccccc2)o1)Nc1ccccc1I. The lowest BCUT2D eigenvalue weighted by atomic mass is 9.91. The lowest BCUT2D eigenvalue weighted by Crippen LogP contribution is -2.14. The lowest BCUT2D eigenvalue weighted by molar-refractivity contribution is -0.113. The molecule has 1 aromatic heterocycles. The second-order valence-electron chi connectivity index (χ2n) is 6.48. The number of carbonyl (C=O) groups is 1. The highest BCUT2D eigenvalue weighted by Gasteiger charge is 2.23. The van der Waals surface area contributed by atoms with Crippen LogP contribution in [-0.4, -0.2) is 21.9 Å². The quantitative estimate of drug-likeness (QED) is 0.251. The Morgan fingerprint density at radius 3 is 2.13 bits per heavy atom. The predicted octanol–water partition coefficient (Wildman–Crippen LogP) is 5.59. The largest absolute Gasteiger partial charge is 0.415 e. The monoisotopic (exact) mass is 527 g/mol. The highest BCUT2D eigenvalue weighted by atomic mass is 127. The van der Waals surface area contributed by atoms with Gasteiger partial charge in [-0.15, -0.1) is 10.2 Å². The fourth-order valence-electron chi connectivity index (χ4n) is 3.04. The van der Waals surface area contributed by atoms with Gasteiger partial charge < -0.3 is 9.73 Å². The molecule has 0 aliphatic heterocycles. The molecule has 0 atom stereocenters. The van der Waals surface area contributed by atoms with Crippen LogP contribution >= 0.6 is 34.4 Å². The molecular weight excluding hydrogens is 509 g/mol. The Labute approximate surface area is 192 Å². The van der Waals surface area contributed by atoms with Gasteiger partial charge in [-0.25, -0.2) is 0 Å². The molecule has 0 saturated carbocycles. The van der Waals surface area contributed by atoms with Crippen LogP contribution in [0.15, 0.2) is 94.6 Å². The lowest BCUT2D eigenvalue weighted by Gasteiger charge is -2.13. The first-order valence-electron chi connectivity index (χ1n) is 9.31. The average molecular weight is 527 g/mol. The number of halogens is 1. The molecular formula is C23H18IN3O2S. The summed E-state index contributed by atoms with van der Waals surface area (Å²) < 4.78 is 6.93. The van der Waals surface area contributed by atoms with Crippen LogP contribution in [0.1, 0.15) is 22.9 Å². The Balaban J connectivity index is 1.48. The minimum Gasteiger partial charge on any atom is -0.415 e. The summed E-state index contributed by atoms with van der Waals surface area (Å²) in [5.41, 5.74) is 2.93. The van der Waals surface area contributed by atoms with Crippen LogP contribution in [0.4, 0.5) is 5.69 Å². The zero-order chi connectivity index (χ0) is 20.8. The molecule has 1 N–H and O–H groups in total. The van der Waals surface area contributed by atoms with Crippen molar-refractivity contribution in [3.05, 3.63) is 106 Å². The van der Waals surface area contributed by atoms with Gasteiger partial charge >= 0.3 is 0 Å². The van der Waals surface area contributed by atoms with E-state index in [9.17, 15) is 4.79 Å². The van der Waals surface area contributed by atoms with Gasteiger partial charge in [-0.2, -0.15) is 0 Å². The normalized spacial score (nSPS) is 10.9. The highest BCUT2D eigenvalue weighted by molar-refractivity contribution is 14.1. The van der Waals surface area contributed by atoms with Crippen LogP contribution in [0.5, 0.6) is 0 Å². The summed E-state index contributed by atoms with van der Waals surface area (Å²) in [6.07, 6.45) is 0. The Morgan fingerprint density at radius 2 is 1.50 bits per heavy atom. The number of nitrogens with one attached hydrogen (secondary N) is 1. The summed E-state index contributed by atoms with van der Waals surface area (Å²) in [5.74, 6) is 0.418. The summed E-state index contributed by atoms with van der Waals surface area (Å²) in [4.78, 5) is 12.3. The maximum atomic E-state index is 12.3. The van der Waals surface area contributed by atoms with Crippen molar-refractivity contribution >= 4 is 45.9 Å². The molecule has 1 heterocycles. The number of rotatable bonds is 7. The average Bonchev–Trinajstić information content (AvgIpc) is 3.24. The summed E-state index contributed by atoms with van der Waals surface area (Å²) in [6.45, 7) is 0. The van der Waals surface area contributed by atoms with Crippen molar-refractivity contribution in [3.8, 4) is 0 Å². The topological polar surface area (TPSA) is 68.0 Å². The zero-order valence-electron chi connectivity index (χ0n) is 15.9. The third kappa shape index (κ3) is 5.09. The van der Waals surface area contributed by atoms with Crippen LogP contribution in [-0.2, 0) is 4.79 Å². The van der Waals surface area contributed by atoms with E-state index in [4.69, 9.17) is 4.42 Å². The first-order valence-corrected chi connectivity index (χ1v) is 11.4. The number of benzene rings is 3. The number of amides is 1. The van der Waals surface area contributed by atoms with E-state index in [1.807, 2.05) is 84.9 Å². The number of hydrogen-bond donors (Lipinski definition) is 1. The molecule has 4 rings (SSSR count). The van der Waals surface area contributed by atoms with Gasteiger partial charge in [0.1, 0.15) is 0 Å². The predicted molar refractivity (Wildman–Crippen MR) is 127 cm³/mol. The van der Waals surface area contributed by atoms with E-state index in [0.29, 0.717) is 11.1 Å². The molecule has 5 nitrogen and oxygen atoms in total. The fourth-order valence-corrected chi connectivity index (χ4v) is 4.13. The Hall–Kier alpha value is -2.65. The molecule has 0 unspecified atom stereocenters. The number of nitrogens with zero attached hydrogens (tertiary/aromatic N) is 2. The maximum Gasteiger partial charge on any atom is 0.277 e. The van der Waals surface area contributed by atoms with E-state index in [1.54, 1.807) is 0 Å². The molecule has 7 heteroatoms. The Bertz CT molecular complexity index is 1080. The van der Waals surface area contributed by atoms with Crippen molar-refractivity contribution in [1.29, 1.82) is 0 Å². The van der Waals surface area contributed by atoms with Gasteiger partial charge in [-0.05, 0) is 45.9 Å². The number of anilines is 1. The molecule has 0 spiro atoms. The molecule has 150 valence electrons. The molecule has 1 amide bonds. The first-order chi connectivity index (χ1) is 14.7. The van der Waals surface area contributed by atoms with Crippen molar-refractivity contribution in [2.75, 3.05) is 11.1 Å². The maximum absolute atomic E-state index is 12.3. The third-order valence-corrected chi connectivity index (χ3v) is 6.17. The third-order valence-electron chi connectivity index (χ3n) is 4.41. The summed E-state index contributed by atoms with van der Waals surface area (Å²) in [6, 6.07) is 27.8. The number of thioether (sulfide) groups is 1. The highest BCUT2D eigenvalue weighted by Crippen LogP contribution is 2.32. The molecule has 0 saturated heterocycles. The van der Waals surface area contributed by atoms with E-state index in [2.05, 4.69) is 38.1 Å². The molecule has 0 radical (unpaired) electrons. The van der Waals surface area contributed by atoms with Crippen molar-refractivity contribution in [2.45, 2.75) is 11.1 Å². The second kappa shape index (κ2) is 9.90. The Kier molecular flexibility index (Phi) is 6.81. The van der Waals surface area contributed by atoms with E-state index in [-0.39, 0.29) is 17.6 Å². The van der Waals surface area contributed by atoms with Crippen LogP contribution in [0.2, 0.25) is 0 Å². The summed E-state index contributed by atoms with van der Waals surface area (Å²) >= 11 is 3.42. The van der Waals surface area contributed by atoms with Crippen LogP contribution < -0.4 is 5.32 Å². The molecule has 0 fully saturated rings. The van der Waals surface area contributed by atoms with E-state index >= 15 is 0 Å². The summed E-state index contributed by atoms with van der Waals surface area (Å²) in [5, 5.41) is 11.7. The van der Waals surface area contributed by atoms with Crippen molar-refractivity contribution in [1.82, 2.24) is 10.2 Å². The van der Waals surface area contributed by atoms with Gasteiger partial charge in [0.2, 0.25) is 11.8 Å². The second-order valence-corrected chi connectivity index (χ2v) is 8.57. The molecule has 4 aromatic rings. The number of hydrogen-bond acceptors (Lipinski definition) is 5. The van der Waals surface area contributed by atoms with E-state index in [1.165, 1.54) is 11.8 Å². The van der Waals surface area contributed by atoms with E-state index < -0.39 is 0 Å². The van der Waals surface area contributed by atoms with Crippen molar-refractivity contribution in [3.63, 3.8) is 0 Å². The van der Waals surface area contributed by atoms with Gasteiger partial charge in [0, 0.05) is 3.57 Å². The van der Waals surface area contributed by atoms with Gasteiger partial charge in [0.25, 0.3) is 5.22 Å². The van der Waals surface area contributed by atoms with E-state index in [0.717, 1.165) is 20.4 Å². The Morgan fingerprint density at radius 1 is 0.900 bits per heavy atom. The van der Waals surface area contributed by atoms with Gasteiger partial charge in [-0.1, -0.05) is 84.6 Å². The van der Waals surface area contributed by atoms with Crippen LogP contribution in [0.25, 0.3) is 0 Å². The molecule has 0 aliphatic rings. The molecule has 30 heavy (non-hydrogen) atoms.